The predicted octanol–water partition coefficient (Wildman–Crippen LogP) is 2.33. The maximum atomic E-state index is 13.3. The van der Waals surface area contributed by atoms with Gasteiger partial charge in [0.1, 0.15) is 0 Å². The van der Waals surface area contributed by atoms with Gasteiger partial charge in [-0.15, -0.1) is 0 Å². The molecule has 0 saturated carbocycles. The van der Waals surface area contributed by atoms with Gasteiger partial charge in [-0.1, -0.05) is 6.92 Å². The first-order valence-corrected chi connectivity index (χ1v) is 7.53. The van der Waals surface area contributed by atoms with Crippen LogP contribution in [-0.2, 0) is 9.59 Å². The molecule has 0 radical (unpaired) electrons. The number of carbonyl (C=O) groups is 2. The Morgan fingerprint density at radius 3 is 2.41 bits per heavy atom. The van der Waals surface area contributed by atoms with Crippen LogP contribution in [-0.4, -0.2) is 35.8 Å². The Hall–Kier alpha value is -1.82. The first-order valence-electron chi connectivity index (χ1n) is 7.53. The molecule has 4 nitrogen and oxygen atoms in total. The van der Waals surface area contributed by atoms with E-state index in [9.17, 15) is 18.4 Å². The highest BCUT2D eigenvalue weighted by Gasteiger charge is 2.43. The van der Waals surface area contributed by atoms with E-state index in [2.05, 4.69) is 6.92 Å². The van der Waals surface area contributed by atoms with E-state index in [1.54, 1.807) is 0 Å². The van der Waals surface area contributed by atoms with Crippen LogP contribution in [0, 0.1) is 17.6 Å². The summed E-state index contributed by atoms with van der Waals surface area (Å²) >= 11 is 0. The lowest BCUT2D eigenvalue weighted by atomic mass is 9.97. The normalized spacial score (nSPS) is 24.3. The minimum Gasteiger partial charge on any atom is -0.292 e. The molecule has 2 aliphatic rings. The molecule has 118 valence electrons. The molecule has 2 saturated heterocycles. The number of halogens is 2. The molecule has 1 atom stereocenters. The number of benzene rings is 1. The molecule has 1 aromatic rings. The number of anilines is 1. The van der Waals surface area contributed by atoms with Gasteiger partial charge in [0.15, 0.2) is 11.6 Å². The van der Waals surface area contributed by atoms with Crippen LogP contribution in [0.3, 0.4) is 0 Å². The molecule has 1 aromatic carbocycles. The Kier molecular flexibility index (Phi) is 3.95. The van der Waals surface area contributed by atoms with Crippen LogP contribution in [0.15, 0.2) is 18.2 Å². The van der Waals surface area contributed by atoms with Crippen molar-refractivity contribution in [3.05, 3.63) is 29.8 Å². The molecule has 2 aliphatic heterocycles. The molecule has 2 amide bonds. The van der Waals surface area contributed by atoms with E-state index in [1.165, 1.54) is 6.07 Å². The highest BCUT2D eigenvalue weighted by Crippen LogP contribution is 2.29. The lowest BCUT2D eigenvalue weighted by Gasteiger charge is -2.33. The second-order valence-corrected chi connectivity index (χ2v) is 6.10. The van der Waals surface area contributed by atoms with Gasteiger partial charge in [-0.3, -0.25) is 14.5 Å². The highest BCUT2D eigenvalue weighted by atomic mass is 19.2. The quantitative estimate of drug-likeness (QED) is 0.787. The van der Waals surface area contributed by atoms with Gasteiger partial charge in [0, 0.05) is 6.07 Å². The van der Waals surface area contributed by atoms with Gasteiger partial charge in [-0.25, -0.2) is 13.7 Å². The Morgan fingerprint density at radius 2 is 1.77 bits per heavy atom. The Bertz CT molecular complexity index is 612. The molecule has 0 spiro atoms. The summed E-state index contributed by atoms with van der Waals surface area (Å²) in [4.78, 5) is 27.7. The number of nitrogens with zero attached hydrogens (tertiary/aromatic N) is 2. The summed E-state index contributed by atoms with van der Waals surface area (Å²) in [7, 11) is 0. The third-order valence-corrected chi connectivity index (χ3v) is 4.54. The first kappa shape index (κ1) is 15.1. The molecule has 22 heavy (non-hydrogen) atoms. The summed E-state index contributed by atoms with van der Waals surface area (Å²) in [6, 6.07) is 2.61. The van der Waals surface area contributed by atoms with Gasteiger partial charge in [0.05, 0.1) is 18.2 Å². The molecule has 2 heterocycles. The van der Waals surface area contributed by atoms with Crippen molar-refractivity contribution in [2.45, 2.75) is 32.2 Å². The van der Waals surface area contributed by atoms with Crippen molar-refractivity contribution >= 4 is 17.5 Å². The number of piperidine rings is 1. The molecular formula is C16H18F2N2O2. The maximum Gasteiger partial charge on any atom is 0.251 e. The number of rotatable bonds is 2. The van der Waals surface area contributed by atoms with E-state index in [-0.39, 0.29) is 23.9 Å². The minimum absolute atomic E-state index is 0.0989. The van der Waals surface area contributed by atoms with E-state index in [4.69, 9.17) is 0 Å². The molecule has 3 rings (SSSR count). The third-order valence-electron chi connectivity index (χ3n) is 4.54. The summed E-state index contributed by atoms with van der Waals surface area (Å²) in [5.41, 5.74) is 0.0989. The van der Waals surface area contributed by atoms with E-state index in [1.807, 2.05) is 4.90 Å². The molecule has 0 bridgehead atoms. The monoisotopic (exact) mass is 308 g/mol. The Morgan fingerprint density at radius 1 is 1.09 bits per heavy atom. The third kappa shape index (κ3) is 2.63. The van der Waals surface area contributed by atoms with Gasteiger partial charge in [0.2, 0.25) is 5.91 Å². The molecule has 0 aliphatic carbocycles. The van der Waals surface area contributed by atoms with Crippen molar-refractivity contribution in [2.24, 2.45) is 5.92 Å². The fraction of sp³-hybridized carbons (Fsp3) is 0.500. The van der Waals surface area contributed by atoms with E-state index < -0.39 is 17.7 Å². The van der Waals surface area contributed by atoms with Gasteiger partial charge in [-0.2, -0.15) is 0 Å². The van der Waals surface area contributed by atoms with Crippen LogP contribution in [0.2, 0.25) is 0 Å². The Labute approximate surface area is 127 Å². The first-order chi connectivity index (χ1) is 10.5. The second-order valence-electron chi connectivity index (χ2n) is 6.10. The van der Waals surface area contributed by atoms with Crippen molar-refractivity contribution in [2.75, 3.05) is 18.0 Å². The zero-order valence-corrected chi connectivity index (χ0v) is 12.4. The lowest BCUT2D eigenvalue weighted by molar-refractivity contribution is -0.123. The highest BCUT2D eigenvalue weighted by molar-refractivity contribution is 6.22. The summed E-state index contributed by atoms with van der Waals surface area (Å²) in [6.07, 6.45) is 2.11. The summed E-state index contributed by atoms with van der Waals surface area (Å²) in [5, 5.41) is 0. The van der Waals surface area contributed by atoms with Crippen molar-refractivity contribution in [3.8, 4) is 0 Å². The fourth-order valence-electron chi connectivity index (χ4n) is 3.14. The maximum absolute atomic E-state index is 13.3. The smallest absolute Gasteiger partial charge is 0.251 e. The summed E-state index contributed by atoms with van der Waals surface area (Å²) in [5.74, 6) is -2.13. The largest absolute Gasteiger partial charge is 0.292 e. The fourth-order valence-corrected chi connectivity index (χ4v) is 3.14. The van der Waals surface area contributed by atoms with Crippen LogP contribution < -0.4 is 4.90 Å². The minimum atomic E-state index is -1.06. The van der Waals surface area contributed by atoms with Crippen molar-refractivity contribution < 1.29 is 18.4 Å². The lowest BCUT2D eigenvalue weighted by Crippen LogP contribution is -2.45. The van der Waals surface area contributed by atoms with Crippen LogP contribution in [0.4, 0.5) is 14.5 Å². The van der Waals surface area contributed by atoms with Gasteiger partial charge in [-0.05, 0) is 44.0 Å². The number of hydrogen-bond donors (Lipinski definition) is 0. The second kappa shape index (κ2) is 5.76. The van der Waals surface area contributed by atoms with Crippen LogP contribution >= 0.6 is 0 Å². The molecular weight excluding hydrogens is 290 g/mol. The molecule has 0 N–H and O–H groups in total. The average molecular weight is 308 g/mol. The zero-order valence-electron chi connectivity index (χ0n) is 12.4. The van der Waals surface area contributed by atoms with E-state index in [0.29, 0.717) is 5.92 Å². The number of amides is 2. The van der Waals surface area contributed by atoms with Crippen molar-refractivity contribution in [3.63, 3.8) is 0 Å². The van der Waals surface area contributed by atoms with Crippen LogP contribution in [0.1, 0.15) is 26.2 Å². The zero-order chi connectivity index (χ0) is 15.9. The SMILES string of the molecule is CC1CCN([C@H]2CC(=O)N(c3ccc(F)c(F)c3)C2=O)CC1. The topological polar surface area (TPSA) is 40.6 Å². The number of hydrogen-bond acceptors (Lipinski definition) is 3. The number of carbonyl (C=O) groups excluding carboxylic acids is 2. The summed E-state index contributed by atoms with van der Waals surface area (Å²) < 4.78 is 26.4. The van der Waals surface area contributed by atoms with Crippen molar-refractivity contribution in [1.82, 2.24) is 4.90 Å². The van der Waals surface area contributed by atoms with Crippen LogP contribution in [0.25, 0.3) is 0 Å². The number of likely N-dealkylation sites (tertiary alicyclic amines) is 1. The number of imide groups is 1. The molecule has 6 heteroatoms. The standard InChI is InChI=1S/C16H18F2N2O2/c1-10-4-6-19(7-5-10)14-9-15(21)20(16(14)22)11-2-3-12(17)13(18)8-11/h2-3,8,10,14H,4-7,9H2,1H3/t14-/m0/s1. The van der Waals surface area contributed by atoms with Gasteiger partial charge in [0.25, 0.3) is 5.91 Å². The van der Waals surface area contributed by atoms with E-state index >= 15 is 0 Å². The van der Waals surface area contributed by atoms with Gasteiger partial charge >= 0.3 is 0 Å². The van der Waals surface area contributed by atoms with Crippen LogP contribution in [0.5, 0.6) is 0 Å². The Balaban J connectivity index is 1.80. The average Bonchev–Trinajstić information content (AvgIpc) is 2.78. The molecule has 0 aromatic heterocycles. The van der Waals surface area contributed by atoms with Crippen molar-refractivity contribution in [1.29, 1.82) is 0 Å². The molecule has 2 fully saturated rings. The predicted molar refractivity (Wildman–Crippen MR) is 77.2 cm³/mol. The van der Waals surface area contributed by atoms with Gasteiger partial charge < -0.3 is 0 Å². The summed E-state index contributed by atoms with van der Waals surface area (Å²) in [6.45, 7) is 3.75. The van der Waals surface area contributed by atoms with E-state index in [0.717, 1.165) is 43.0 Å². The molecule has 0 unspecified atom stereocenters.